The van der Waals surface area contributed by atoms with Crippen molar-refractivity contribution in [1.29, 1.82) is 0 Å². The van der Waals surface area contributed by atoms with Gasteiger partial charge >= 0.3 is 0 Å². The van der Waals surface area contributed by atoms with Gasteiger partial charge in [0.15, 0.2) is 0 Å². The van der Waals surface area contributed by atoms with E-state index >= 15 is 0 Å². The Labute approximate surface area is 120 Å². The fraction of sp³-hybridized carbons (Fsp3) is 0.294. The Morgan fingerprint density at radius 3 is 2.50 bits per heavy atom. The zero-order valence-corrected chi connectivity index (χ0v) is 12.1. The highest BCUT2D eigenvalue weighted by Crippen LogP contribution is 2.30. The molecule has 0 fully saturated rings. The van der Waals surface area contributed by atoms with E-state index in [1.165, 1.54) is 11.3 Å². The van der Waals surface area contributed by atoms with E-state index in [-0.39, 0.29) is 11.8 Å². The van der Waals surface area contributed by atoms with Gasteiger partial charge in [0, 0.05) is 18.8 Å². The Balaban J connectivity index is 2.40. The number of nitrogens with two attached hydrogens (primary N) is 1. The van der Waals surface area contributed by atoms with Crippen molar-refractivity contribution in [2.75, 3.05) is 18.0 Å². The Morgan fingerprint density at radius 2 is 1.90 bits per heavy atom. The van der Waals surface area contributed by atoms with Crippen molar-refractivity contribution in [3.63, 3.8) is 0 Å². The van der Waals surface area contributed by atoms with E-state index in [1.807, 2.05) is 24.3 Å². The molecule has 3 N–H and O–H groups in total. The molecule has 1 unspecified atom stereocenters. The molecule has 0 aromatic heterocycles. The van der Waals surface area contributed by atoms with Crippen molar-refractivity contribution >= 4 is 5.69 Å². The second kappa shape index (κ2) is 6.44. The van der Waals surface area contributed by atoms with E-state index in [0.29, 0.717) is 6.54 Å². The number of para-hydroxylation sites is 1. The molecule has 106 valence electrons. The van der Waals surface area contributed by atoms with Gasteiger partial charge in [0.05, 0.1) is 6.04 Å². The van der Waals surface area contributed by atoms with Crippen LogP contribution in [-0.2, 0) is 0 Å². The van der Waals surface area contributed by atoms with Gasteiger partial charge < -0.3 is 15.7 Å². The molecule has 2 aromatic carbocycles. The molecule has 2 rings (SSSR count). The van der Waals surface area contributed by atoms with Crippen LogP contribution in [0.5, 0.6) is 5.75 Å². The summed E-state index contributed by atoms with van der Waals surface area (Å²) < 4.78 is 0. The molecule has 20 heavy (non-hydrogen) atoms. The number of benzene rings is 2. The molecule has 0 heterocycles. The minimum absolute atomic E-state index is 0.0631. The number of nitrogens with zero attached hydrogens (tertiary/aromatic N) is 1. The average molecular weight is 270 g/mol. The third-order valence-electron chi connectivity index (χ3n) is 3.62. The summed E-state index contributed by atoms with van der Waals surface area (Å²) in [5.74, 6) is 0.279. The summed E-state index contributed by atoms with van der Waals surface area (Å²) in [7, 11) is 0. The number of rotatable bonds is 5. The van der Waals surface area contributed by atoms with Crippen LogP contribution in [-0.4, -0.2) is 18.2 Å². The van der Waals surface area contributed by atoms with Crippen molar-refractivity contribution in [3.05, 3.63) is 59.7 Å². The van der Waals surface area contributed by atoms with Crippen molar-refractivity contribution in [3.8, 4) is 5.75 Å². The average Bonchev–Trinajstić information content (AvgIpc) is 2.45. The lowest BCUT2D eigenvalue weighted by atomic mass is 10.0. The van der Waals surface area contributed by atoms with Gasteiger partial charge in [0.25, 0.3) is 0 Å². The van der Waals surface area contributed by atoms with Crippen molar-refractivity contribution in [1.82, 2.24) is 0 Å². The van der Waals surface area contributed by atoms with Crippen LogP contribution in [0.3, 0.4) is 0 Å². The van der Waals surface area contributed by atoms with Gasteiger partial charge in [-0.05, 0) is 43.2 Å². The van der Waals surface area contributed by atoms with E-state index in [0.717, 1.165) is 12.1 Å². The molecule has 0 amide bonds. The molecule has 0 spiro atoms. The number of hydrogen-bond donors (Lipinski definition) is 2. The monoisotopic (exact) mass is 270 g/mol. The van der Waals surface area contributed by atoms with Crippen LogP contribution in [0.25, 0.3) is 0 Å². The number of likely N-dealkylation sites (N-methyl/N-ethyl adjacent to an activating group) is 1. The highest BCUT2D eigenvalue weighted by atomic mass is 16.3. The molecule has 0 radical (unpaired) electrons. The Bertz CT molecular complexity index is 568. The van der Waals surface area contributed by atoms with Gasteiger partial charge in [-0.1, -0.05) is 30.3 Å². The van der Waals surface area contributed by atoms with E-state index in [2.05, 4.69) is 30.9 Å². The fourth-order valence-corrected chi connectivity index (χ4v) is 2.62. The quantitative estimate of drug-likeness (QED) is 0.877. The first-order chi connectivity index (χ1) is 9.67. The van der Waals surface area contributed by atoms with Gasteiger partial charge in [-0.2, -0.15) is 0 Å². The summed E-state index contributed by atoms with van der Waals surface area (Å²) in [4.78, 5) is 2.28. The largest absolute Gasteiger partial charge is 0.508 e. The number of hydrogen-bond acceptors (Lipinski definition) is 3. The first-order valence-electron chi connectivity index (χ1n) is 6.98. The zero-order chi connectivity index (χ0) is 14.5. The first-order valence-corrected chi connectivity index (χ1v) is 6.98. The summed E-state index contributed by atoms with van der Waals surface area (Å²) in [6, 6.07) is 15.7. The SMILES string of the molecule is CCN(c1ccccc1C)C(CN)c1cccc(O)c1. The topological polar surface area (TPSA) is 49.5 Å². The standard InChI is InChI=1S/C17H22N2O/c1-3-19(16-10-5-4-7-13(16)2)17(12-18)14-8-6-9-15(20)11-14/h4-11,17,20H,3,12,18H2,1-2H3. The number of aromatic hydroxyl groups is 1. The first kappa shape index (κ1) is 14.4. The molecule has 0 saturated carbocycles. The third-order valence-corrected chi connectivity index (χ3v) is 3.62. The van der Waals surface area contributed by atoms with Gasteiger partial charge in [-0.15, -0.1) is 0 Å². The molecule has 1 atom stereocenters. The smallest absolute Gasteiger partial charge is 0.115 e. The predicted molar refractivity (Wildman–Crippen MR) is 84.1 cm³/mol. The fourth-order valence-electron chi connectivity index (χ4n) is 2.62. The van der Waals surface area contributed by atoms with Crippen molar-refractivity contribution < 1.29 is 5.11 Å². The summed E-state index contributed by atoms with van der Waals surface area (Å²) in [5, 5.41) is 9.68. The molecule has 0 aliphatic heterocycles. The maximum Gasteiger partial charge on any atom is 0.115 e. The summed E-state index contributed by atoms with van der Waals surface area (Å²) in [5.41, 5.74) is 9.45. The lowest BCUT2D eigenvalue weighted by molar-refractivity contribution is 0.473. The summed E-state index contributed by atoms with van der Waals surface area (Å²) >= 11 is 0. The van der Waals surface area contributed by atoms with Crippen LogP contribution in [0.15, 0.2) is 48.5 Å². The van der Waals surface area contributed by atoms with Crippen LogP contribution in [0.1, 0.15) is 24.1 Å². The van der Waals surface area contributed by atoms with Crippen LogP contribution in [0.4, 0.5) is 5.69 Å². The lowest BCUT2D eigenvalue weighted by Crippen LogP contribution is -2.34. The van der Waals surface area contributed by atoms with Crippen molar-refractivity contribution in [2.24, 2.45) is 5.73 Å². The van der Waals surface area contributed by atoms with Gasteiger partial charge in [-0.25, -0.2) is 0 Å². The summed E-state index contributed by atoms with van der Waals surface area (Å²) in [6.07, 6.45) is 0. The second-order valence-corrected chi connectivity index (χ2v) is 4.92. The maximum atomic E-state index is 9.68. The molecule has 0 saturated heterocycles. The number of aryl methyl sites for hydroxylation is 1. The van der Waals surface area contributed by atoms with Crippen LogP contribution in [0.2, 0.25) is 0 Å². The van der Waals surface area contributed by atoms with Crippen LogP contribution >= 0.6 is 0 Å². The molecule has 0 aliphatic carbocycles. The molecular weight excluding hydrogens is 248 g/mol. The summed E-state index contributed by atoms with van der Waals surface area (Å²) in [6.45, 7) is 5.60. The van der Waals surface area contributed by atoms with E-state index in [4.69, 9.17) is 5.73 Å². The highest BCUT2D eigenvalue weighted by molar-refractivity contribution is 5.55. The van der Waals surface area contributed by atoms with Crippen molar-refractivity contribution in [2.45, 2.75) is 19.9 Å². The van der Waals surface area contributed by atoms with Gasteiger partial charge in [0.2, 0.25) is 0 Å². The number of phenols is 1. The van der Waals surface area contributed by atoms with Gasteiger partial charge in [0.1, 0.15) is 5.75 Å². The predicted octanol–water partition coefficient (Wildman–Crippen LogP) is 3.23. The third kappa shape index (κ3) is 2.94. The van der Waals surface area contributed by atoms with Gasteiger partial charge in [-0.3, -0.25) is 0 Å². The second-order valence-electron chi connectivity index (χ2n) is 4.92. The molecule has 0 bridgehead atoms. The number of anilines is 1. The Morgan fingerprint density at radius 1 is 1.15 bits per heavy atom. The molecule has 2 aromatic rings. The molecule has 3 nitrogen and oxygen atoms in total. The maximum absolute atomic E-state index is 9.68. The van der Waals surface area contributed by atoms with E-state index in [1.54, 1.807) is 12.1 Å². The minimum atomic E-state index is 0.0631. The van der Waals surface area contributed by atoms with E-state index < -0.39 is 0 Å². The van der Waals surface area contributed by atoms with E-state index in [9.17, 15) is 5.11 Å². The van der Waals surface area contributed by atoms with Crippen LogP contribution < -0.4 is 10.6 Å². The zero-order valence-electron chi connectivity index (χ0n) is 12.1. The Hall–Kier alpha value is -2.00. The molecule has 3 heteroatoms. The lowest BCUT2D eigenvalue weighted by Gasteiger charge is -2.33. The highest BCUT2D eigenvalue weighted by Gasteiger charge is 2.19. The number of phenolic OH excluding ortho intramolecular Hbond substituents is 1. The molecule has 0 aliphatic rings. The normalized spacial score (nSPS) is 12.2. The van der Waals surface area contributed by atoms with Crippen LogP contribution in [0, 0.1) is 6.92 Å². The Kier molecular flexibility index (Phi) is 4.64. The molecular formula is C17H22N2O. The minimum Gasteiger partial charge on any atom is -0.508 e.